The largest absolute Gasteiger partial charge is 0.338 e. The van der Waals surface area contributed by atoms with E-state index in [1.807, 2.05) is 17.0 Å². The molecule has 0 spiro atoms. The number of carbonyl (C=O) groups excluding carboxylic acids is 1. The summed E-state index contributed by atoms with van der Waals surface area (Å²) in [5.41, 5.74) is 0.499. The van der Waals surface area contributed by atoms with E-state index < -0.39 is 0 Å². The molecule has 1 saturated heterocycles. The molecule has 0 bridgehead atoms. The van der Waals surface area contributed by atoms with Gasteiger partial charge in [-0.15, -0.1) is 0 Å². The average Bonchev–Trinajstić information content (AvgIpc) is 2.64. The van der Waals surface area contributed by atoms with Crippen molar-refractivity contribution in [1.29, 1.82) is 0 Å². The van der Waals surface area contributed by atoms with Crippen molar-refractivity contribution < 1.29 is 4.79 Å². The van der Waals surface area contributed by atoms with Crippen LogP contribution in [0.25, 0.3) is 10.9 Å². The molecule has 0 radical (unpaired) electrons. The van der Waals surface area contributed by atoms with Crippen LogP contribution in [0.15, 0.2) is 33.8 Å². The highest BCUT2D eigenvalue weighted by Gasteiger charge is 2.35. The molecular weight excluding hydrogens is 382 g/mol. The Balaban J connectivity index is 1.59. The minimum Gasteiger partial charge on any atom is -0.338 e. The fraction of sp³-hybridized carbons (Fsp3) is 0.526. The van der Waals surface area contributed by atoms with Crippen LogP contribution >= 0.6 is 15.9 Å². The van der Waals surface area contributed by atoms with Crippen LogP contribution in [-0.2, 0) is 11.3 Å². The number of rotatable bonds is 2. The molecule has 2 atom stereocenters. The van der Waals surface area contributed by atoms with Gasteiger partial charge in [0.15, 0.2) is 0 Å². The molecule has 1 aliphatic heterocycles. The van der Waals surface area contributed by atoms with Gasteiger partial charge in [0.25, 0.3) is 5.56 Å². The van der Waals surface area contributed by atoms with Gasteiger partial charge in [-0.05, 0) is 49.8 Å². The first-order valence-corrected chi connectivity index (χ1v) is 9.87. The van der Waals surface area contributed by atoms with Gasteiger partial charge in [-0.1, -0.05) is 28.8 Å². The van der Waals surface area contributed by atoms with Gasteiger partial charge in [-0.2, -0.15) is 0 Å². The van der Waals surface area contributed by atoms with E-state index >= 15 is 0 Å². The number of halogens is 1. The fourth-order valence-corrected chi connectivity index (χ4v) is 4.78. The van der Waals surface area contributed by atoms with Gasteiger partial charge >= 0.3 is 0 Å². The first-order chi connectivity index (χ1) is 12.1. The Morgan fingerprint density at radius 3 is 2.88 bits per heavy atom. The predicted molar refractivity (Wildman–Crippen MR) is 100 cm³/mol. The molecular formula is C19H22BrN3O2. The molecule has 1 aliphatic carbocycles. The lowest BCUT2D eigenvalue weighted by Crippen LogP contribution is -2.51. The zero-order chi connectivity index (χ0) is 17.4. The summed E-state index contributed by atoms with van der Waals surface area (Å²) in [4.78, 5) is 32.0. The highest BCUT2D eigenvalue weighted by Crippen LogP contribution is 2.35. The molecule has 1 saturated carbocycles. The molecule has 6 heteroatoms. The molecule has 2 aromatic rings. The van der Waals surface area contributed by atoms with Crippen LogP contribution in [0, 0.1) is 5.92 Å². The van der Waals surface area contributed by atoms with E-state index in [0.29, 0.717) is 22.9 Å². The van der Waals surface area contributed by atoms with E-state index in [0.717, 1.165) is 23.9 Å². The molecule has 0 unspecified atom stereocenters. The van der Waals surface area contributed by atoms with Crippen molar-refractivity contribution >= 4 is 32.7 Å². The number of carbonyl (C=O) groups is 1. The summed E-state index contributed by atoms with van der Waals surface area (Å²) in [7, 11) is 0. The summed E-state index contributed by atoms with van der Waals surface area (Å²) in [6.45, 7) is 0.902. The second kappa shape index (κ2) is 6.90. The van der Waals surface area contributed by atoms with Gasteiger partial charge in [-0.3, -0.25) is 14.2 Å². The molecule has 5 nitrogen and oxygen atoms in total. The van der Waals surface area contributed by atoms with Crippen molar-refractivity contribution in [1.82, 2.24) is 14.5 Å². The summed E-state index contributed by atoms with van der Waals surface area (Å²) in [6.07, 6.45) is 8.64. The van der Waals surface area contributed by atoms with Crippen LogP contribution in [0.2, 0.25) is 0 Å². The SMILES string of the molecule is O=C(Cn1cnc2ccc(Br)cc2c1=O)N1CCC[C@H]2CCCC[C@H]21. The number of likely N-dealkylation sites (tertiary alicyclic amines) is 1. The van der Waals surface area contributed by atoms with Crippen molar-refractivity contribution in [2.45, 2.75) is 51.1 Å². The van der Waals surface area contributed by atoms with Crippen LogP contribution in [0.1, 0.15) is 38.5 Å². The van der Waals surface area contributed by atoms with Crippen LogP contribution in [0.5, 0.6) is 0 Å². The maximum Gasteiger partial charge on any atom is 0.261 e. The van der Waals surface area contributed by atoms with E-state index in [4.69, 9.17) is 0 Å². The summed E-state index contributed by atoms with van der Waals surface area (Å²) >= 11 is 3.39. The minimum absolute atomic E-state index is 0.0508. The van der Waals surface area contributed by atoms with Crippen molar-refractivity contribution in [3.05, 3.63) is 39.4 Å². The van der Waals surface area contributed by atoms with Gasteiger partial charge in [0, 0.05) is 17.1 Å². The lowest BCUT2D eigenvalue weighted by Gasteiger charge is -2.44. The van der Waals surface area contributed by atoms with Crippen molar-refractivity contribution in [3.8, 4) is 0 Å². The average molecular weight is 404 g/mol. The lowest BCUT2D eigenvalue weighted by atomic mass is 9.78. The summed E-state index contributed by atoms with van der Waals surface area (Å²) in [5, 5.41) is 0.541. The first kappa shape index (κ1) is 16.8. The third-order valence-electron chi connectivity index (χ3n) is 5.66. The normalized spacial score (nSPS) is 23.5. The second-order valence-corrected chi connectivity index (χ2v) is 8.10. The van der Waals surface area contributed by atoms with E-state index in [-0.39, 0.29) is 18.0 Å². The molecule has 1 amide bonds. The fourth-order valence-electron chi connectivity index (χ4n) is 4.41. The standard InChI is InChI=1S/C19H22BrN3O2/c20-14-7-8-16-15(10-14)19(25)22(12-21-16)11-18(24)23-9-3-5-13-4-1-2-6-17(13)23/h7-8,10,12-13,17H,1-6,9,11H2/t13-,17-/m1/s1. The predicted octanol–water partition coefficient (Wildman–Crippen LogP) is 3.34. The number of nitrogens with zero attached hydrogens (tertiary/aromatic N) is 3. The Morgan fingerprint density at radius 1 is 1.20 bits per heavy atom. The Kier molecular flexibility index (Phi) is 4.63. The molecule has 1 aromatic carbocycles. The smallest absolute Gasteiger partial charge is 0.261 e. The number of piperidine rings is 1. The topological polar surface area (TPSA) is 55.2 Å². The molecule has 2 heterocycles. The van der Waals surface area contributed by atoms with Crippen LogP contribution < -0.4 is 5.56 Å². The van der Waals surface area contributed by atoms with E-state index in [1.54, 1.807) is 6.07 Å². The van der Waals surface area contributed by atoms with Gasteiger partial charge in [0.2, 0.25) is 5.91 Å². The third kappa shape index (κ3) is 3.24. The van der Waals surface area contributed by atoms with Crippen molar-refractivity contribution in [2.24, 2.45) is 5.92 Å². The zero-order valence-electron chi connectivity index (χ0n) is 14.2. The number of fused-ring (bicyclic) bond motifs is 2. The Morgan fingerprint density at radius 2 is 2.00 bits per heavy atom. The lowest BCUT2D eigenvalue weighted by molar-refractivity contribution is -0.138. The van der Waals surface area contributed by atoms with Crippen LogP contribution in [-0.4, -0.2) is 32.9 Å². The van der Waals surface area contributed by atoms with Crippen molar-refractivity contribution in [2.75, 3.05) is 6.54 Å². The molecule has 0 N–H and O–H groups in total. The quantitative estimate of drug-likeness (QED) is 0.772. The van der Waals surface area contributed by atoms with Crippen molar-refractivity contribution in [3.63, 3.8) is 0 Å². The highest BCUT2D eigenvalue weighted by molar-refractivity contribution is 9.10. The van der Waals surface area contributed by atoms with Gasteiger partial charge < -0.3 is 4.90 Å². The highest BCUT2D eigenvalue weighted by atomic mass is 79.9. The minimum atomic E-state index is -0.156. The summed E-state index contributed by atoms with van der Waals surface area (Å²) in [5.74, 6) is 0.698. The molecule has 1 aromatic heterocycles. The molecule has 2 aliphatic rings. The maximum atomic E-state index is 12.9. The molecule has 132 valence electrons. The van der Waals surface area contributed by atoms with Gasteiger partial charge in [0.1, 0.15) is 6.54 Å². The summed E-state index contributed by atoms with van der Waals surface area (Å²) < 4.78 is 2.29. The molecule has 2 fully saturated rings. The third-order valence-corrected chi connectivity index (χ3v) is 6.15. The van der Waals surface area contributed by atoms with Gasteiger partial charge in [0.05, 0.1) is 17.2 Å². The number of amides is 1. The monoisotopic (exact) mass is 403 g/mol. The molecule has 25 heavy (non-hydrogen) atoms. The number of hydrogen-bond donors (Lipinski definition) is 0. The molecule has 4 rings (SSSR count). The van der Waals surface area contributed by atoms with Gasteiger partial charge in [-0.25, -0.2) is 4.98 Å². The van der Waals surface area contributed by atoms with Crippen LogP contribution in [0.3, 0.4) is 0 Å². The zero-order valence-corrected chi connectivity index (χ0v) is 15.7. The number of benzene rings is 1. The van der Waals surface area contributed by atoms with E-state index in [1.165, 1.54) is 36.6 Å². The Bertz CT molecular complexity index is 861. The van der Waals surface area contributed by atoms with Crippen LogP contribution in [0.4, 0.5) is 0 Å². The Hall–Kier alpha value is -1.69. The second-order valence-electron chi connectivity index (χ2n) is 7.18. The van der Waals surface area contributed by atoms with E-state index in [2.05, 4.69) is 20.9 Å². The van der Waals surface area contributed by atoms with E-state index in [9.17, 15) is 9.59 Å². The number of aromatic nitrogens is 2. The Labute approximate surface area is 155 Å². The summed E-state index contributed by atoms with van der Waals surface area (Å²) in [6, 6.07) is 5.81. The number of hydrogen-bond acceptors (Lipinski definition) is 3. The first-order valence-electron chi connectivity index (χ1n) is 9.07. The maximum absolute atomic E-state index is 12.9.